The molecule has 1 N–H and O–H groups in total. The molecule has 0 aliphatic heterocycles. The fourth-order valence-corrected chi connectivity index (χ4v) is 2.89. The molecule has 1 amide bonds. The third-order valence-electron chi connectivity index (χ3n) is 4.50. The Hall–Kier alpha value is -3.81. The molecule has 0 saturated carbocycles. The number of aromatic nitrogens is 5. The van der Waals surface area contributed by atoms with E-state index in [1.54, 1.807) is 41.6 Å². The Bertz CT molecular complexity index is 1100. The van der Waals surface area contributed by atoms with Crippen molar-refractivity contribution in [3.63, 3.8) is 0 Å². The zero-order valence-electron chi connectivity index (χ0n) is 16.1. The smallest absolute Gasteiger partial charge is 0.258 e. The molecule has 0 spiro atoms. The number of aryl methyl sites for hydroxylation is 1. The van der Waals surface area contributed by atoms with Crippen LogP contribution in [0.1, 0.15) is 24.1 Å². The summed E-state index contributed by atoms with van der Waals surface area (Å²) in [4.78, 5) is 25.0. The summed E-state index contributed by atoms with van der Waals surface area (Å²) in [6.07, 6.45) is 6.61. The highest BCUT2D eigenvalue weighted by atomic mass is 16.5. The van der Waals surface area contributed by atoms with Crippen molar-refractivity contribution >= 4 is 5.91 Å². The molecule has 0 aliphatic rings. The first kappa shape index (κ1) is 18.5. The molecule has 0 radical (unpaired) electrons. The number of hydrogen-bond donors (Lipinski definition) is 1. The average molecular weight is 388 g/mol. The number of rotatable bonds is 6. The molecule has 8 heteroatoms. The number of amides is 1. The summed E-state index contributed by atoms with van der Waals surface area (Å²) in [6.45, 7) is 4.15. The van der Waals surface area contributed by atoms with E-state index >= 15 is 0 Å². The highest BCUT2D eigenvalue weighted by molar-refractivity contribution is 5.76. The highest BCUT2D eigenvalue weighted by Gasteiger charge is 2.14. The van der Waals surface area contributed by atoms with Gasteiger partial charge in [0, 0.05) is 24.2 Å². The van der Waals surface area contributed by atoms with Crippen molar-refractivity contribution in [2.24, 2.45) is 0 Å². The summed E-state index contributed by atoms with van der Waals surface area (Å²) < 4.78 is 6.98. The molecule has 4 rings (SSSR count). The van der Waals surface area contributed by atoms with E-state index in [0.717, 1.165) is 11.1 Å². The Balaban J connectivity index is 1.40. The number of imidazole rings is 1. The van der Waals surface area contributed by atoms with Crippen LogP contribution in [0.2, 0.25) is 0 Å². The van der Waals surface area contributed by atoms with Crippen molar-refractivity contribution in [1.82, 2.24) is 30.0 Å². The van der Waals surface area contributed by atoms with Crippen LogP contribution in [0.4, 0.5) is 0 Å². The van der Waals surface area contributed by atoms with Gasteiger partial charge in [-0.15, -0.1) is 0 Å². The van der Waals surface area contributed by atoms with Crippen LogP contribution in [0, 0.1) is 6.92 Å². The Kier molecular flexibility index (Phi) is 5.15. The summed E-state index contributed by atoms with van der Waals surface area (Å²) in [5.74, 6) is 0.651. The first-order chi connectivity index (χ1) is 14.1. The van der Waals surface area contributed by atoms with Gasteiger partial charge in [0.05, 0.1) is 12.4 Å². The first-order valence-electron chi connectivity index (χ1n) is 9.20. The van der Waals surface area contributed by atoms with Crippen LogP contribution in [0.5, 0.6) is 0 Å². The standard InChI is InChI=1S/C21H20N6O2/c1-14-3-5-16(6-4-14)15(2)24-19(28)12-27-11-18(23-13-27)20-25-21(29-26-20)17-7-9-22-10-8-17/h3-11,13,15H,12H2,1-2H3,(H,24,28). The number of pyridine rings is 1. The van der Waals surface area contributed by atoms with Crippen LogP contribution in [-0.4, -0.2) is 30.6 Å². The molecule has 0 saturated heterocycles. The Morgan fingerprint density at radius 1 is 1.17 bits per heavy atom. The lowest BCUT2D eigenvalue weighted by Gasteiger charge is -2.14. The molecule has 1 unspecified atom stereocenters. The molecular weight excluding hydrogens is 368 g/mol. The van der Waals surface area contributed by atoms with Crippen molar-refractivity contribution in [3.8, 4) is 23.0 Å². The van der Waals surface area contributed by atoms with Gasteiger partial charge in [0.15, 0.2) is 0 Å². The van der Waals surface area contributed by atoms with E-state index in [0.29, 0.717) is 17.4 Å². The lowest BCUT2D eigenvalue weighted by molar-refractivity contribution is -0.122. The lowest BCUT2D eigenvalue weighted by atomic mass is 10.1. The first-order valence-corrected chi connectivity index (χ1v) is 9.20. The molecule has 0 bridgehead atoms. The topological polar surface area (TPSA) is 98.7 Å². The van der Waals surface area contributed by atoms with E-state index in [2.05, 4.69) is 25.4 Å². The van der Waals surface area contributed by atoms with Crippen LogP contribution >= 0.6 is 0 Å². The van der Waals surface area contributed by atoms with Crippen LogP contribution in [0.3, 0.4) is 0 Å². The number of nitrogens with one attached hydrogen (secondary N) is 1. The van der Waals surface area contributed by atoms with Gasteiger partial charge in [-0.25, -0.2) is 4.98 Å². The fraction of sp³-hybridized carbons (Fsp3) is 0.190. The van der Waals surface area contributed by atoms with Crippen molar-refractivity contribution in [3.05, 3.63) is 72.4 Å². The molecular formula is C21H20N6O2. The largest absolute Gasteiger partial charge is 0.348 e. The third kappa shape index (κ3) is 4.37. The number of nitrogens with zero attached hydrogens (tertiary/aromatic N) is 5. The number of carbonyl (C=O) groups excluding carboxylic acids is 1. The van der Waals surface area contributed by atoms with Gasteiger partial charge in [0.1, 0.15) is 12.2 Å². The Labute approximate surface area is 167 Å². The van der Waals surface area contributed by atoms with Crippen molar-refractivity contribution in [2.45, 2.75) is 26.4 Å². The van der Waals surface area contributed by atoms with Gasteiger partial charge < -0.3 is 14.4 Å². The van der Waals surface area contributed by atoms with Crippen molar-refractivity contribution in [2.75, 3.05) is 0 Å². The number of benzene rings is 1. The monoisotopic (exact) mass is 388 g/mol. The highest BCUT2D eigenvalue weighted by Crippen LogP contribution is 2.20. The second kappa shape index (κ2) is 8.05. The molecule has 8 nitrogen and oxygen atoms in total. The Morgan fingerprint density at radius 2 is 1.93 bits per heavy atom. The molecule has 0 aliphatic carbocycles. The lowest BCUT2D eigenvalue weighted by Crippen LogP contribution is -2.29. The summed E-state index contributed by atoms with van der Waals surface area (Å²) in [6, 6.07) is 11.6. The minimum atomic E-state index is -0.104. The van der Waals surface area contributed by atoms with Gasteiger partial charge in [-0.1, -0.05) is 35.0 Å². The molecule has 4 aromatic rings. The van der Waals surface area contributed by atoms with E-state index in [4.69, 9.17) is 4.52 Å². The molecule has 1 atom stereocenters. The maximum atomic E-state index is 12.4. The Morgan fingerprint density at radius 3 is 2.69 bits per heavy atom. The van der Waals surface area contributed by atoms with Crippen LogP contribution in [0.25, 0.3) is 23.0 Å². The minimum Gasteiger partial charge on any atom is -0.348 e. The van der Waals surface area contributed by atoms with Gasteiger partial charge in [-0.3, -0.25) is 9.78 Å². The van der Waals surface area contributed by atoms with Gasteiger partial charge in [-0.2, -0.15) is 4.98 Å². The van der Waals surface area contributed by atoms with Crippen LogP contribution in [0.15, 0.2) is 65.8 Å². The SMILES string of the molecule is Cc1ccc(C(C)NC(=O)Cn2cnc(-c3noc(-c4ccncc4)n3)c2)cc1. The number of hydrogen-bond acceptors (Lipinski definition) is 6. The van der Waals surface area contributed by atoms with Crippen LogP contribution in [-0.2, 0) is 11.3 Å². The number of carbonyl (C=O) groups is 1. The van der Waals surface area contributed by atoms with E-state index in [1.807, 2.05) is 38.1 Å². The molecule has 1 aromatic carbocycles. The zero-order chi connectivity index (χ0) is 20.2. The van der Waals surface area contributed by atoms with E-state index in [-0.39, 0.29) is 18.5 Å². The maximum absolute atomic E-state index is 12.4. The maximum Gasteiger partial charge on any atom is 0.258 e. The predicted molar refractivity (Wildman–Crippen MR) is 106 cm³/mol. The minimum absolute atomic E-state index is 0.0776. The predicted octanol–water partition coefficient (Wildman–Crippen LogP) is 3.18. The van der Waals surface area contributed by atoms with E-state index in [9.17, 15) is 4.79 Å². The average Bonchev–Trinajstić information content (AvgIpc) is 3.38. The summed E-state index contributed by atoms with van der Waals surface area (Å²) in [5.41, 5.74) is 3.56. The summed E-state index contributed by atoms with van der Waals surface area (Å²) in [7, 11) is 0. The second-order valence-corrected chi connectivity index (χ2v) is 6.79. The van der Waals surface area contributed by atoms with E-state index < -0.39 is 0 Å². The fourth-order valence-electron chi connectivity index (χ4n) is 2.89. The van der Waals surface area contributed by atoms with Gasteiger partial charge in [-0.05, 0) is 31.5 Å². The zero-order valence-corrected chi connectivity index (χ0v) is 16.1. The molecule has 0 fully saturated rings. The van der Waals surface area contributed by atoms with E-state index in [1.165, 1.54) is 5.56 Å². The van der Waals surface area contributed by atoms with Crippen LogP contribution < -0.4 is 5.32 Å². The van der Waals surface area contributed by atoms with Crippen molar-refractivity contribution in [1.29, 1.82) is 0 Å². The third-order valence-corrected chi connectivity index (χ3v) is 4.50. The van der Waals surface area contributed by atoms with Gasteiger partial charge in [0.25, 0.3) is 5.89 Å². The van der Waals surface area contributed by atoms with Gasteiger partial charge >= 0.3 is 0 Å². The molecule has 3 heterocycles. The normalized spacial score (nSPS) is 11.9. The quantitative estimate of drug-likeness (QED) is 0.545. The molecule has 3 aromatic heterocycles. The van der Waals surface area contributed by atoms with Crippen molar-refractivity contribution < 1.29 is 9.32 Å². The van der Waals surface area contributed by atoms with Gasteiger partial charge in [0.2, 0.25) is 11.7 Å². The summed E-state index contributed by atoms with van der Waals surface area (Å²) in [5, 5.41) is 6.96. The molecule has 29 heavy (non-hydrogen) atoms. The summed E-state index contributed by atoms with van der Waals surface area (Å²) >= 11 is 0. The molecule has 146 valence electrons. The second-order valence-electron chi connectivity index (χ2n) is 6.79.